The molecule has 1 amide bonds. The van der Waals surface area contributed by atoms with Gasteiger partial charge in [0.15, 0.2) is 6.61 Å². The molecule has 0 spiro atoms. The van der Waals surface area contributed by atoms with Gasteiger partial charge in [-0.2, -0.15) is 0 Å². The van der Waals surface area contributed by atoms with Crippen LogP contribution in [-0.2, 0) is 9.53 Å². The fourth-order valence-electron chi connectivity index (χ4n) is 3.85. The first-order valence-corrected chi connectivity index (χ1v) is 10.6. The molecule has 5 nitrogen and oxygen atoms in total. The number of morpholine rings is 1. The van der Waals surface area contributed by atoms with E-state index in [1.54, 1.807) is 0 Å². The van der Waals surface area contributed by atoms with Gasteiger partial charge >= 0.3 is 0 Å². The molecule has 0 bridgehead atoms. The van der Waals surface area contributed by atoms with Crippen molar-refractivity contribution >= 4 is 16.7 Å². The summed E-state index contributed by atoms with van der Waals surface area (Å²) < 4.78 is 11.3. The number of hydrogen-bond donors (Lipinski definition) is 2. The second-order valence-corrected chi connectivity index (χ2v) is 7.89. The van der Waals surface area contributed by atoms with Crippen LogP contribution in [0.3, 0.4) is 0 Å². The lowest BCUT2D eigenvalue weighted by Gasteiger charge is -2.28. The first-order valence-electron chi connectivity index (χ1n) is 10.6. The number of carbonyl (C=O) groups is 1. The Kier molecular flexibility index (Phi) is 6.62. The van der Waals surface area contributed by atoms with Crippen LogP contribution in [0.1, 0.15) is 17.2 Å². The maximum atomic E-state index is 12.7. The van der Waals surface area contributed by atoms with Crippen LogP contribution in [0, 0.1) is 6.92 Å². The van der Waals surface area contributed by atoms with Crippen molar-refractivity contribution in [2.45, 2.75) is 13.0 Å². The molecule has 1 aliphatic heterocycles. The van der Waals surface area contributed by atoms with Gasteiger partial charge in [-0.15, -0.1) is 0 Å². The monoisotopic (exact) mass is 405 g/mol. The van der Waals surface area contributed by atoms with Crippen LogP contribution in [0.25, 0.3) is 10.8 Å². The molecular weight excluding hydrogens is 376 g/mol. The number of amides is 1. The quantitative estimate of drug-likeness (QED) is 0.634. The number of benzene rings is 3. The first-order chi connectivity index (χ1) is 14.7. The van der Waals surface area contributed by atoms with Crippen molar-refractivity contribution in [3.05, 3.63) is 77.9 Å². The number of hydrogen-bond acceptors (Lipinski definition) is 3. The van der Waals surface area contributed by atoms with Crippen LogP contribution < -0.4 is 15.0 Å². The average Bonchev–Trinajstić information content (AvgIpc) is 2.78. The molecule has 3 aromatic rings. The highest BCUT2D eigenvalue weighted by Crippen LogP contribution is 2.20. The Balaban J connectivity index is 1.40. The first kappa shape index (κ1) is 20.4. The fourth-order valence-corrected chi connectivity index (χ4v) is 3.85. The van der Waals surface area contributed by atoms with E-state index in [4.69, 9.17) is 9.47 Å². The predicted octanol–water partition coefficient (Wildman–Crippen LogP) is 2.30. The molecule has 3 aromatic carbocycles. The molecule has 156 valence electrons. The lowest BCUT2D eigenvalue weighted by Crippen LogP contribution is -3.14. The van der Waals surface area contributed by atoms with Gasteiger partial charge in [0.1, 0.15) is 31.4 Å². The summed E-state index contributed by atoms with van der Waals surface area (Å²) in [6.07, 6.45) is 0. The Morgan fingerprint density at radius 3 is 2.53 bits per heavy atom. The third kappa shape index (κ3) is 5.38. The Hall–Kier alpha value is -2.89. The van der Waals surface area contributed by atoms with Crippen LogP contribution in [-0.4, -0.2) is 45.4 Å². The third-order valence-corrected chi connectivity index (χ3v) is 5.60. The summed E-state index contributed by atoms with van der Waals surface area (Å²) >= 11 is 0. The molecule has 1 saturated heterocycles. The Labute approximate surface area is 177 Å². The second kappa shape index (κ2) is 9.74. The summed E-state index contributed by atoms with van der Waals surface area (Å²) in [6.45, 7) is 6.39. The molecule has 30 heavy (non-hydrogen) atoms. The van der Waals surface area contributed by atoms with Crippen LogP contribution in [0.4, 0.5) is 0 Å². The molecule has 2 N–H and O–H groups in total. The molecule has 5 heteroatoms. The number of ether oxygens (including phenoxy) is 2. The van der Waals surface area contributed by atoms with E-state index in [2.05, 4.69) is 42.6 Å². The Morgan fingerprint density at radius 1 is 1.03 bits per heavy atom. The maximum Gasteiger partial charge on any atom is 0.258 e. The lowest BCUT2D eigenvalue weighted by molar-refractivity contribution is -0.909. The van der Waals surface area contributed by atoms with Crippen molar-refractivity contribution in [3.8, 4) is 5.75 Å². The number of carbonyl (C=O) groups excluding carboxylic acids is 1. The van der Waals surface area contributed by atoms with E-state index < -0.39 is 0 Å². The zero-order valence-electron chi connectivity index (χ0n) is 17.4. The van der Waals surface area contributed by atoms with Crippen LogP contribution in [0.2, 0.25) is 0 Å². The molecule has 0 unspecified atom stereocenters. The molecule has 0 aliphatic carbocycles. The van der Waals surface area contributed by atoms with Gasteiger partial charge in [-0.05, 0) is 35.4 Å². The van der Waals surface area contributed by atoms with Gasteiger partial charge in [-0.3, -0.25) is 4.79 Å². The normalized spacial score (nSPS) is 15.6. The SMILES string of the molecule is Cc1ccc([C@H](C[NH+]2CCOCC2)NC(=O)COc2ccc3ccccc3c2)cc1. The van der Waals surface area contributed by atoms with E-state index in [1.807, 2.05) is 36.4 Å². The van der Waals surface area contributed by atoms with E-state index in [1.165, 1.54) is 10.5 Å². The van der Waals surface area contributed by atoms with Gasteiger partial charge in [0.05, 0.1) is 13.2 Å². The molecule has 0 saturated carbocycles. The van der Waals surface area contributed by atoms with Crippen molar-refractivity contribution in [1.82, 2.24) is 5.32 Å². The van der Waals surface area contributed by atoms with Crippen LogP contribution >= 0.6 is 0 Å². The topological polar surface area (TPSA) is 52.0 Å². The molecule has 0 aromatic heterocycles. The van der Waals surface area contributed by atoms with Gasteiger partial charge in [-0.25, -0.2) is 0 Å². The minimum atomic E-state index is -0.110. The Morgan fingerprint density at radius 2 is 1.77 bits per heavy atom. The van der Waals surface area contributed by atoms with Crippen molar-refractivity contribution in [3.63, 3.8) is 0 Å². The Bertz CT molecular complexity index is 981. The lowest BCUT2D eigenvalue weighted by atomic mass is 10.0. The summed E-state index contributed by atoms with van der Waals surface area (Å²) in [6, 6.07) is 22.3. The van der Waals surface area contributed by atoms with Crippen LogP contribution in [0.15, 0.2) is 66.7 Å². The van der Waals surface area contributed by atoms with Gasteiger partial charge in [-0.1, -0.05) is 60.2 Å². The van der Waals surface area contributed by atoms with E-state index in [9.17, 15) is 4.79 Å². The minimum Gasteiger partial charge on any atom is -0.484 e. The second-order valence-electron chi connectivity index (χ2n) is 7.89. The van der Waals surface area contributed by atoms with Gasteiger partial charge in [0.2, 0.25) is 0 Å². The maximum absolute atomic E-state index is 12.7. The molecule has 1 fully saturated rings. The standard InChI is InChI=1S/C25H28N2O3/c1-19-6-8-21(9-7-19)24(17-27-12-14-29-15-13-27)26-25(28)18-30-23-11-10-20-4-2-3-5-22(20)16-23/h2-11,16,24H,12-15,17-18H2,1H3,(H,26,28)/p+1/t24-/m0/s1. The predicted molar refractivity (Wildman–Crippen MR) is 118 cm³/mol. The fraction of sp³-hybridized carbons (Fsp3) is 0.320. The number of aryl methyl sites for hydroxylation is 1. The molecular formula is C25H29N2O3+. The van der Waals surface area contributed by atoms with Gasteiger partial charge < -0.3 is 19.7 Å². The minimum absolute atomic E-state index is 0.000847. The molecule has 1 aliphatic rings. The van der Waals surface area contributed by atoms with Crippen molar-refractivity contribution in [1.29, 1.82) is 0 Å². The number of nitrogens with one attached hydrogen (secondary N) is 2. The summed E-state index contributed by atoms with van der Waals surface area (Å²) in [4.78, 5) is 14.1. The molecule has 1 atom stereocenters. The van der Waals surface area contributed by atoms with E-state index in [-0.39, 0.29) is 18.6 Å². The zero-order chi connectivity index (χ0) is 20.8. The van der Waals surface area contributed by atoms with E-state index in [0.717, 1.165) is 49.2 Å². The highest BCUT2D eigenvalue weighted by molar-refractivity contribution is 5.84. The highest BCUT2D eigenvalue weighted by atomic mass is 16.5. The number of quaternary nitrogens is 1. The van der Waals surface area contributed by atoms with Crippen molar-refractivity contribution < 1.29 is 19.2 Å². The average molecular weight is 406 g/mol. The number of fused-ring (bicyclic) bond motifs is 1. The van der Waals surface area contributed by atoms with Crippen molar-refractivity contribution in [2.75, 3.05) is 39.5 Å². The summed E-state index contributed by atoms with van der Waals surface area (Å²) in [7, 11) is 0. The molecule has 0 radical (unpaired) electrons. The summed E-state index contributed by atoms with van der Waals surface area (Å²) in [5.74, 6) is 0.593. The smallest absolute Gasteiger partial charge is 0.258 e. The van der Waals surface area contributed by atoms with Gasteiger partial charge in [0.25, 0.3) is 5.91 Å². The summed E-state index contributed by atoms with van der Waals surface area (Å²) in [5.41, 5.74) is 2.33. The van der Waals surface area contributed by atoms with Crippen LogP contribution in [0.5, 0.6) is 5.75 Å². The molecule has 4 rings (SSSR count). The largest absolute Gasteiger partial charge is 0.484 e. The van der Waals surface area contributed by atoms with E-state index >= 15 is 0 Å². The van der Waals surface area contributed by atoms with E-state index in [0.29, 0.717) is 5.75 Å². The highest BCUT2D eigenvalue weighted by Gasteiger charge is 2.23. The third-order valence-electron chi connectivity index (χ3n) is 5.60. The molecule has 1 heterocycles. The zero-order valence-corrected chi connectivity index (χ0v) is 17.4. The summed E-state index contributed by atoms with van der Waals surface area (Å²) in [5, 5.41) is 5.44. The van der Waals surface area contributed by atoms with Crippen molar-refractivity contribution in [2.24, 2.45) is 0 Å². The number of rotatable bonds is 7. The van der Waals surface area contributed by atoms with Gasteiger partial charge in [0, 0.05) is 0 Å².